The first-order chi connectivity index (χ1) is 12.1. The summed E-state index contributed by atoms with van der Waals surface area (Å²) >= 11 is 0. The van der Waals surface area contributed by atoms with Gasteiger partial charge in [0, 0.05) is 31.5 Å². The number of nitrogens with one attached hydrogen (secondary N) is 2. The molecule has 3 amide bonds. The van der Waals surface area contributed by atoms with Gasteiger partial charge in [-0.3, -0.25) is 4.79 Å². The van der Waals surface area contributed by atoms with Crippen molar-refractivity contribution in [3.8, 4) is 0 Å². The molecule has 1 aromatic rings. The van der Waals surface area contributed by atoms with Crippen molar-refractivity contribution in [2.75, 3.05) is 13.1 Å². The largest absolute Gasteiger partial charge is 0.339 e. The molecule has 3 atom stereocenters. The summed E-state index contributed by atoms with van der Waals surface area (Å²) in [6, 6.07) is 8.85. The summed E-state index contributed by atoms with van der Waals surface area (Å²) in [5, 5.41) is 6.11. The van der Waals surface area contributed by atoms with Crippen LogP contribution in [0.15, 0.2) is 24.3 Å². The van der Waals surface area contributed by atoms with Gasteiger partial charge in [0.1, 0.15) is 0 Å². The van der Waals surface area contributed by atoms with Crippen molar-refractivity contribution in [1.82, 2.24) is 15.5 Å². The number of amides is 3. The van der Waals surface area contributed by atoms with Crippen molar-refractivity contribution in [2.24, 2.45) is 5.92 Å². The second-order valence-electron chi connectivity index (χ2n) is 7.86. The van der Waals surface area contributed by atoms with Crippen LogP contribution in [0, 0.1) is 5.92 Å². The number of hydrogen-bond donors (Lipinski definition) is 2. The van der Waals surface area contributed by atoms with Crippen LogP contribution in [0.2, 0.25) is 0 Å². The Morgan fingerprint density at radius 1 is 1.16 bits per heavy atom. The van der Waals surface area contributed by atoms with Crippen LogP contribution in [-0.2, 0) is 4.79 Å². The van der Waals surface area contributed by atoms with Gasteiger partial charge >= 0.3 is 6.03 Å². The van der Waals surface area contributed by atoms with E-state index >= 15 is 0 Å². The molecule has 25 heavy (non-hydrogen) atoms. The third kappa shape index (κ3) is 3.51. The molecule has 1 heterocycles. The van der Waals surface area contributed by atoms with E-state index in [-0.39, 0.29) is 23.9 Å². The molecule has 0 bridgehead atoms. The maximum Gasteiger partial charge on any atom is 0.315 e. The van der Waals surface area contributed by atoms with Gasteiger partial charge in [0.15, 0.2) is 0 Å². The molecule has 4 rings (SSSR count). The molecule has 2 aliphatic carbocycles. The Morgan fingerprint density at radius 2 is 1.92 bits per heavy atom. The number of nitrogens with zero attached hydrogens (tertiary/aromatic N) is 1. The standard InChI is InChI=1S/C20H27N3O2/c1-13-6-9-18(17-5-3-2-4-16(13)17)22-20(25)21-11-14-10-19(24)23(12-14)15-7-8-15/h2-5,13-15,18H,6-12H2,1H3,(H2,21,22,25). The van der Waals surface area contributed by atoms with Crippen molar-refractivity contribution in [3.63, 3.8) is 0 Å². The zero-order valence-corrected chi connectivity index (χ0v) is 14.8. The number of fused-ring (bicyclic) bond motifs is 1. The first-order valence-corrected chi connectivity index (χ1v) is 9.54. The predicted molar refractivity (Wildman–Crippen MR) is 96.2 cm³/mol. The molecular formula is C20H27N3O2. The zero-order chi connectivity index (χ0) is 17.4. The third-order valence-electron chi connectivity index (χ3n) is 5.87. The molecule has 3 aliphatic rings. The molecule has 134 valence electrons. The van der Waals surface area contributed by atoms with E-state index in [1.807, 2.05) is 11.0 Å². The SMILES string of the molecule is CC1CCC(NC(=O)NCC2CC(=O)N(C3CC3)C2)c2ccccc21. The highest BCUT2D eigenvalue weighted by Gasteiger charge is 2.39. The van der Waals surface area contributed by atoms with Gasteiger partial charge in [-0.25, -0.2) is 4.79 Å². The highest BCUT2D eigenvalue weighted by molar-refractivity contribution is 5.79. The average molecular weight is 341 g/mol. The smallest absolute Gasteiger partial charge is 0.315 e. The van der Waals surface area contributed by atoms with Crippen LogP contribution >= 0.6 is 0 Å². The molecule has 5 heteroatoms. The van der Waals surface area contributed by atoms with Crippen LogP contribution < -0.4 is 10.6 Å². The minimum atomic E-state index is -0.119. The minimum Gasteiger partial charge on any atom is -0.339 e. The quantitative estimate of drug-likeness (QED) is 0.884. The summed E-state index contributed by atoms with van der Waals surface area (Å²) in [4.78, 5) is 26.3. The van der Waals surface area contributed by atoms with Gasteiger partial charge in [-0.1, -0.05) is 31.2 Å². The Labute approximate surface area is 149 Å². The van der Waals surface area contributed by atoms with E-state index in [2.05, 4.69) is 35.8 Å². The summed E-state index contributed by atoms with van der Waals surface area (Å²) in [6.07, 6.45) is 4.93. The summed E-state index contributed by atoms with van der Waals surface area (Å²) < 4.78 is 0. The summed E-state index contributed by atoms with van der Waals surface area (Å²) in [5.74, 6) is 1.05. The zero-order valence-electron chi connectivity index (χ0n) is 14.8. The van der Waals surface area contributed by atoms with Gasteiger partial charge in [-0.05, 0) is 42.7 Å². The summed E-state index contributed by atoms with van der Waals surface area (Å²) in [6.45, 7) is 3.62. The van der Waals surface area contributed by atoms with Gasteiger partial charge in [-0.2, -0.15) is 0 Å². The normalized spacial score (nSPS) is 28.6. The van der Waals surface area contributed by atoms with Crippen molar-refractivity contribution < 1.29 is 9.59 Å². The maximum atomic E-state index is 12.3. The lowest BCUT2D eigenvalue weighted by Crippen LogP contribution is -2.41. The molecule has 0 radical (unpaired) electrons. The average Bonchev–Trinajstić information content (AvgIpc) is 3.39. The van der Waals surface area contributed by atoms with E-state index in [9.17, 15) is 9.59 Å². The molecule has 1 saturated carbocycles. The minimum absolute atomic E-state index is 0.0839. The molecule has 1 aliphatic heterocycles. The van der Waals surface area contributed by atoms with Gasteiger partial charge in [-0.15, -0.1) is 0 Å². The van der Waals surface area contributed by atoms with Crippen LogP contribution in [0.4, 0.5) is 4.79 Å². The first kappa shape index (κ1) is 16.4. The van der Waals surface area contributed by atoms with E-state index in [0.29, 0.717) is 24.9 Å². The van der Waals surface area contributed by atoms with Crippen LogP contribution in [0.25, 0.3) is 0 Å². The van der Waals surface area contributed by atoms with Crippen LogP contribution in [0.5, 0.6) is 0 Å². The van der Waals surface area contributed by atoms with E-state index in [4.69, 9.17) is 0 Å². The Kier molecular flexibility index (Phi) is 4.40. The molecule has 1 aromatic carbocycles. The fourth-order valence-electron chi connectivity index (χ4n) is 4.29. The highest BCUT2D eigenvalue weighted by Crippen LogP contribution is 2.37. The number of carbonyl (C=O) groups excluding carboxylic acids is 2. The Bertz CT molecular complexity index is 671. The number of likely N-dealkylation sites (tertiary alicyclic amines) is 1. The fourth-order valence-corrected chi connectivity index (χ4v) is 4.29. The van der Waals surface area contributed by atoms with Crippen molar-refractivity contribution in [3.05, 3.63) is 35.4 Å². The number of hydrogen-bond acceptors (Lipinski definition) is 2. The second-order valence-corrected chi connectivity index (χ2v) is 7.86. The first-order valence-electron chi connectivity index (χ1n) is 9.54. The van der Waals surface area contributed by atoms with Crippen molar-refractivity contribution in [1.29, 1.82) is 0 Å². The van der Waals surface area contributed by atoms with E-state index < -0.39 is 0 Å². The van der Waals surface area contributed by atoms with E-state index in [1.54, 1.807) is 0 Å². The second kappa shape index (κ2) is 6.70. The maximum absolute atomic E-state index is 12.3. The fraction of sp³-hybridized carbons (Fsp3) is 0.600. The predicted octanol–water partition coefficient (Wildman–Crippen LogP) is 2.94. The lowest BCUT2D eigenvalue weighted by Gasteiger charge is -2.30. The lowest BCUT2D eigenvalue weighted by molar-refractivity contribution is -0.128. The van der Waals surface area contributed by atoms with Crippen LogP contribution in [-0.4, -0.2) is 36.0 Å². The van der Waals surface area contributed by atoms with Gasteiger partial charge in [0.2, 0.25) is 5.91 Å². The van der Waals surface area contributed by atoms with Gasteiger partial charge in [0.25, 0.3) is 0 Å². The van der Waals surface area contributed by atoms with Crippen molar-refractivity contribution in [2.45, 2.75) is 57.0 Å². The molecular weight excluding hydrogens is 314 g/mol. The van der Waals surface area contributed by atoms with Gasteiger partial charge < -0.3 is 15.5 Å². The molecule has 5 nitrogen and oxygen atoms in total. The molecule has 3 unspecified atom stereocenters. The number of urea groups is 1. The number of rotatable bonds is 4. The summed E-state index contributed by atoms with van der Waals surface area (Å²) in [5.41, 5.74) is 2.59. The Hall–Kier alpha value is -2.04. The number of carbonyl (C=O) groups is 2. The molecule has 0 spiro atoms. The van der Waals surface area contributed by atoms with Crippen LogP contribution in [0.1, 0.15) is 62.1 Å². The number of benzene rings is 1. The van der Waals surface area contributed by atoms with E-state index in [0.717, 1.165) is 32.2 Å². The topological polar surface area (TPSA) is 61.4 Å². The van der Waals surface area contributed by atoms with E-state index in [1.165, 1.54) is 11.1 Å². The van der Waals surface area contributed by atoms with Crippen molar-refractivity contribution >= 4 is 11.9 Å². The Morgan fingerprint density at radius 3 is 2.68 bits per heavy atom. The van der Waals surface area contributed by atoms with Crippen LogP contribution in [0.3, 0.4) is 0 Å². The van der Waals surface area contributed by atoms with Gasteiger partial charge in [0.05, 0.1) is 6.04 Å². The molecule has 2 fully saturated rings. The molecule has 1 saturated heterocycles. The lowest BCUT2D eigenvalue weighted by atomic mass is 9.81. The molecule has 0 aromatic heterocycles. The third-order valence-corrected chi connectivity index (χ3v) is 5.87. The molecule has 2 N–H and O–H groups in total. The Balaban J connectivity index is 1.30. The monoisotopic (exact) mass is 341 g/mol. The summed E-state index contributed by atoms with van der Waals surface area (Å²) in [7, 11) is 0. The highest BCUT2D eigenvalue weighted by atomic mass is 16.2.